The molecule has 0 saturated carbocycles. The molecule has 0 heterocycles. The molecule has 0 aromatic carbocycles. The lowest BCUT2D eigenvalue weighted by Crippen LogP contribution is -2.37. The first-order valence-corrected chi connectivity index (χ1v) is 21.8. The second-order valence-corrected chi connectivity index (χ2v) is 15.8. The molecule has 0 saturated heterocycles. The van der Waals surface area contributed by atoms with Crippen LogP contribution >= 0.6 is 7.82 Å². The summed E-state index contributed by atoms with van der Waals surface area (Å²) in [6.07, 6.45) is 44.7. The van der Waals surface area contributed by atoms with Gasteiger partial charge in [-0.1, -0.05) is 131 Å². The van der Waals surface area contributed by atoms with Gasteiger partial charge in [-0.05, 0) is 70.6 Å². The zero-order valence-electron chi connectivity index (χ0n) is 34.4. The van der Waals surface area contributed by atoms with Crippen LogP contribution in [0.1, 0.15) is 129 Å². The van der Waals surface area contributed by atoms with Crippen LogP contribution in [0.15, 0.2) is 85.1 Å². The number of phosphoric ester groups is 1. The van der Waals surface area contributed by atoms with Gasteiger partial charge < -0.3 is 27.9 Å². The van der Waals surface area contributed by atoms with Crippen LogP contribution in [0.2, 0.25) is 0 Å². The number of carbonyl (C=O) groups excluding carboxylic acids is 2. The van der Waals surface area contributed by atoms with Gasteiger partial charge in [-0.15, -0.1) is 0 Å². The molecule has 1 unspecified atom stereocenters. The van der Waals surface area contributed by atoms with E-state index in [0.717, 1.165) is 70.6 Å². The van der Waals surface area contributed by atoms with Crippen LogP contribution in [0, 0.1) is 0 Å². The third-order valence-corrected chi connectivity index (χ3v) is 8.96. The number of quaternary nitrogens is 1. The quantitative estimate of drug-likeness (QED) is 0.0156. The van der Waals surface area contributed by atoms with E-state index in [2.05, 4.69) is 68.5 Å². The average molecular weight is 776 g/mol. The zero-order valence-corrected chi connectivity index (χ0v) is 35.3. The number of rotatable bonds is 35. The van der Waals surface area contributed by atoms with Crippen molar-refractivity contribution in [3.63, 3.8) is 0 Å². The number of hydrogen-bond donors (Lipinski definition) is 0. The summed E-state index contributed by atoms with van der Waals surface area (Å²) in [6.45, 7) is 3.95. The van der Waals surface area contributed by atoms with Gasteiger partial charge in [0.2, 0.25) is 0 Å². The van der Waals surface area contributed by atoms with Crippen LogP contribution in [0.25, 0.3) is 0 Å². The minimum absolute atomic E-state index is 0.0473. The molecule has 0 bridgehead atoms. The van der Waals surface area contributed by atoms with Crippen molar-refractivity contribution in [1.82, 2.24) is 0 Å². The molecule has 0 aromatic rings. The molecule has 0 radical (unpaired) electrons. The smallest absolute Gasteiger partial charge is 0.306 e. The first kappa shape index (κ1) is 51.2. The zero-order chi connectivity index (χ0) is 40.0. The molecule has 308 valence electrons. The molecule has 0 aromatic heterocycles. The highest BCUT2D eigenvalue weighted by atomic mass is 31.2. The van der Waals surface area contributed by atoms with E-state index in [0.29, 0.717) is 23.9 Å². The lowest BCUT2D eigenvalue weighted by Gasteiger charge is -2.28. The molecule has 2 atom stereocenters. The SMILES string of the molecule is CC/C=C/C=C/C=C/C=C/CCCCCCCC(=O)OC[C@H](COP(=O)([O-])OCC[N+](C)(C)C)OC(=O)CCCC/C=C/C/C=C/C/C=C/CCCCC. The van der Waals surface area contributed by atoms with Crippen molar-refractivity contribution < 1.29 is 42.1 Å². The van der Waals surface area contributed by atoms with Crippen LogP contribution in [0.3, 0.4) is 0 Å². The molecular weight excluding hydrogens is 701 g/mol. The molecule has 0 fully saturated rings. The number of ether oxygens (including phenoxy) is 2. The summed E-state index contributed by atoms with van der Waals surface area (Å²) in [5.74, 6) is -0.918. The predicted molar refractivity (Wildman–Crippen MR) is 222 cm³/mol. The Morgan fingerprint density at radius 3 is 1.78 bits per heavy atom. The molecule has 0 amide bonds. The molecule has 10 heteroatoms. The Morgan fingerprint density at radius 2 is 1.13 bits per heavy atom. The van der Waals surface area contributed by atoms with E-state index in [1.54, 1.807) is 0 Å². The van der Waals surface area contributed by atoms with Crippen molar-refractivity contribution in [2.45, 2.75) is 136 Å². The third-order valence-electron chi connectivity index (χ3n) is 7.99. The minimum Gasteiger partial charge on any atom is -0.756 e. The van der Waals surface area contributed by atoms with Gasteiger partial charge in [-0.2, -0.15) is 0 Å². The number of hydrogen-bond acceptors (Lipinski definition) is 8. The topological polar surface area (TPSA) is 111 Å². The van der Waals surface area contributed by atoms with Gasteiger partial charge in [0.15, 0.2) is 6.10 Å². The number of esters is 2. The summed E-state index contributed by atoms with van der Waals surface area (Å²) < 4.78 is 33.7. The Morgan fingerprint density at radius 1 is 0.611 bits per heavy atom. The van der Waals surface area contributed by atoms with Crippen molar-refractivity contribution in [3.8, 4) is 0 Å². The van der Waals surface area contributed by atoms with Crippen LogP contribution in [0.5, 0.6) is 0 Å². The Kier molecular flexibility index (Phi) is 34.0. The molecule has 0 N–H and O–H groups in total. The lowest BCUT2D eigenvalue weighted by atomic mass is 10.1. The molecule has 0 spiro atoms. The Balaban J connectivity index is 4.54. The van der Waals surface area contributed by atoms with Crippen LogP contribution < -0.4 is 4.89 Å². The number of allylic oxidation sites excluding steroid dienone is 14. The number of phosphoric acid groups is 1. The monoisotopic (exact) mass is 776 g/mol. The van der Waals surface area contributed by atoms with Crippen molar-refractivity contribution in [3.05, 3.63) is 85.1 Å². The number of carbonyl (C=O) groups is 2. The highest BCUT2D eigenvalue weighted by molar-refractivity contribution is 7.45. The van der Waals surface area contributed by atoms with Crippen molar-refractivity contribution >= 4 is 19.8 Å². The van der Waals surface area contributed by atoms with Crippen LogP contribution in [-0.2, 0) is 32.7 Å². The maximum atomic E-state index is 12.6. The average Bonchev–Trinajstić information content (AvgIpc) is 3.12. The minimum atomic E-state index is -4.64. The fraction of sp³-hybridized carbons (Fsp3) is 0.636. The summed E-state index contributed by atoms with van der Waals surface area (Å²) >= 11 is 0. The van der Waals surface area contributed by atoms with Crippen LogP contribution in [-0.4, -0.2) is 70.0 Å². The first-order chi connectivity index (χ1) is 26.0. The van der Waals surface area contributed by atoms with E-state index in [9.17, 15) is 19.0 Å². The van der Waals surface area contributed by atoms with Gasteiger partial charge >= 0.3 is 11.9 Å². The van der Waals surface area contributed by atoms with Crippen molar-refractivity contribution in [1.29, 1.82) is 0 Å². The molecule has 0 aliphatic carbocycles. The van der Waals surface area contributed by atoms with Gasteiger partial charge in [-0.25, -0.2) is 0 Å². The Bertz CT molecular complexity index is 1200. The molecule has 0 aliphatic rings. The summed E-state index contributed by atoms with van der Waals surface area (Å²) in [6, 6.07) is 0. The molecular formula is C44H74NO8P. The van der Waals surface area contributed by atoms with E-state index >= 15 is 0 Å². The van der Waals surface area contributed by atoms with E-state index < -0.39 is 32.5 Å². The lowest BCUT2D eigenvalue weighted by molar-refractivity contribution is -0.870. The van der Waals surface area contributed by atoms with E-state index in [1.807, 2.05) is 51.5 Å². The standard InChI is InChI=1S/C44H74NO8P/c1-6-8-10-12-14-16-18-20-22-24-26-28-30-32-34-36-43(46)50-40-42(41-52-54(48,49)51-39-38-45(3,4)5)53-44(47)37-35-33-31-29-27-25-23-21-19-17-15-13-11-9-7-2/h8,10,12,14-18,20-23,27,29,42H,6-7,9,11,13,19,24-26,28,30-41H2,1-5H3/b10-8+,14-12+,17-15+,18-16+,22-20+,23-21+,29-27+/t42-/m1/s1. The second-order valence-electron chi connectivity index (χ2n) is 14.4. The van der Waals surface area contributed by atoms with E-state index in [-0.39, 0.29) is 26.1 Å². The third kappa shape index (κ3) is 38.9. The van der Waals surface area contributed by atoms with Gasteiger partial charge in [0.25, 0.3) is 7.82 Å². The number of likely N-dealkylation sites (N-methyl/N-ethyl adjacent to an activating group) is 1. The van der Waals surface area contributed by atoms with Crippen molar-refractivity contribution in [2.75, 3.05) is 47.5 Å². The van der Waals surface area contributed by atoms with E-state index in [4.69, 9.17) is 18.5 Å². The Hall–Kier alpha value is -2.81. The fourth-order valence-corrected chi connectivity index (χ4v) is 5.52. The molecule has 54 heavy (non-hydrogen) atoms. The molecule has 9 nitrogen and oxygen atoms in total. The first-order valence-electron chi connectivity index (χ1n) is 20.3. The van der Waals surface area contributed by atoms with Gasteiger partial charge in [0, 0.05) is 12.8 Å². The van der Waals surface area contributed by atoms with Gasteiger partial charge in [-0.3, -0.25) is 14.2 Å². The molecule has 0 aliphatic heterocycles. The number of unbranched alkanes of at least 4 members (excludes halogenated alkanes) is 10. The Labute approximate surface area is 329 Å². The maximum Gasteiger partial charge on any atom is 0.306 e. The summed E-state index contributed by atoms with van der Waals surface area (Å²) in [7, 11) is 1.11. The van der Waals surface area contributed by atoms with Gasteiger partial charge in [0.1, 0.15) is 19.8 Å². The fourth-order valence-electron chi connectivity index (χ4n) is 4.79. The molecule has 0 rings (SSSR count). The van der Waals surface area contributed by atoms with Crippen LogP contribution in [0.4, 0.5) is 0 Å². The summed E-state index contributed by atoms with van der Waals surface area (Å²) in [4.78, 5) is 37.4. The normalized spacial score (nSPS) is 14.6. The number of nitrogens with zero attached hydrogens (tertiary/aromatic N) is 1. The summed E-state index contributed by atoms with van der Waals surface area (Å²) in [5, 5.41) is 0. The largest absolute Gasteiger partial charge is 0.756 e. The predicted octanol–water partition coefficient (Wildman–Crippen LogP) is 10.6. The van der Waals surface area contributed by atoms with E-state index in [1.165, 1.54) is 19.3 Å². The van der Waals surface area contributed by atoms with Gasteiger partial charge in [0.05, 0.1) is 27.7 Å². The van der Waals surface area contributed by atoms with Crippen molar-refractivity contribution in [2.24, 2.45) is 0 Å². The highest BCUT2D eigenvalue weighted by Crippen LogP contribution is 2.38. The maximum absolute atomic E-state index is 12.6. The summed E-state index contributed by atoms with van der Waals surface area (Å²) in [5.41, 5.74) is 0. The highest BCUT2D eigenvalue weighted by Gasteiger charge is 2.21. The second kappa shape index (κ2) is 35.9.